The van der Waals surface area contributed by atoms with Crippen molar-refractivity contribution in [3.8, 4) is 11.5 Å². The summed E-state index contributed by atoms with van der Waals surface area (Å²) >= 11 is 12.3. The SMILES string of the molecule is COc1ccc(S(=O)(=O)N(CC(=O)N(Cc2ccc(Cl)c(Cl)c2)C(C)C(=O)NC(C)C)c2ccccc2)cc1OC. The number of carbonyl (C=O) groups excluding carboxylic acids is 2. The van der Waals surface area contributed by atoms with Crippen molar-refractivity contribution in [1.82, 2.24) is 10.2 Å². The first-order valence-electron chi connectivity index (χ1n) is 12.7. The van der Waals surface area contributed by atoms with E-state index in [0.29, 0.717) is 16.3 Å². The second kappa shape index (κ2) is 13.9. The number of carbonyl (C=O) groups is 2. The van der Waals surface area contributed by atoms with E-state index < -0.39 is 28.5 Å². The minimum atomic E-state index is -4.28. The molecule has 0 aliphatic carbocycles. The third-order valence-electron chi connectivity index (χ3n) is 6.20. The molecular weight excluding hydrogens is 589 g/mol. The molecule has 0 spiro atoms. The molecule has 3 aromatic carbocycles. The molecule has 0 fully saturated rings. The Morgan fingerprint density at radius 3 is 2.12 bits per heavy atom. The predicted molar refractivity (Wildman–Crippen MR) is 160 cm³/mol. The van der Waals surface area contributed by atoms with Crippen molar-refractivity contribution in [3.05, 3.63) is 82.3 Å². The summed E-state index contributed by atoms with van der Waals surface area (Å²) in [6.07, 6.45) is 0. The largest absolute Gasteiger partial charge is 0.493 e. The van der Waals surface area contributed by atoms with Crippen LogP contribution < -0.4 is 19.1 Å². The Balaban J connectivity index is 2.05. The van der Waals surface area contributed by atoms with Crippen LogP contribution in [0.3, 0.4) is 0 Å². The number of benzene rings is 3. The summed E-state index contributed by atoms with van der Waals surface area (Å²) in [6.45, 7) is 4.61. The molecule has 2 amide bonds. The van der Waals surface area contributed by atoms with E-state index in [4.69, 9.17) is 32.7 Å². The topological polar surface area (TPSA) is 105 Å². The number of hydrogen-bond acceptors (Lipinski definition) is 6. The molecule has 41 heavy (non-hydrogen) atoms. The highest BCUT2D eigenvalue weighted by atomic mass is 35.5. The first-order chi connectivity index (χ1) is 19.4. The lowest BCUT2D eigenvalue weighted by molar-refractivity contribution is -0.139. The van der Waals surface area contributed by atoms with Gasteiger partial charge in [0.25, 0.3) is 10.0 Å². The van der Waals surface area contributed by atoms with Crippen LogP contribution in [0.1, 0.15) is 26.3 Å². The van der Waals surface area contributed by atoms with Crippen molar-refractivity contribution in [3.63, 3.8) is 0 Å². The molecule has 1 atom stereocenters. The quantitative estimate of drug-likeness (QED) is 0.300. The molecule has 1 N–H and O–H groups in total. The molecule has 0 radical (unpaired) electrons. The van der Waals surface area contributed by atoms with Gasteiger partial charge in [0.15, 0.2) is 11.5 Å². The van der Waals surface area contributed by atoms with E-state index in [9.17, 15) is 18.0 Å². The summed E-state index contributed by atoms with van der Waals surface area (Å²) in [4.78, 5) is 28.2. The Morgan fingerprint density at radius 2 is 1.54 bits per heavy atom. The van der Waals surface area contributed by atoms with Gasteiger partial charge in [0.2, 0.25) is 11.8 Å². The standard InChI is InChI=1S/C29H33Cl2N3O6S/c1-19(2)32-29(36)20(3)33(17-21-11-13-24(30)25(31)15-21)28(35)18-34(22-9-7-6-8-10-22)41(37,38)23-12-14-26(39-4)27(16-23)40-5/h6-16,19-20H,17-18H2,1-5H3,(H,32,36). The van der Waals surface area contributed by atoms with Crippen LogP contribution in [-0.4, -0.2) is 58.0 Å². The molecule has 3 aromatic rings. The number of nitrogens with one attached hydrogen (secondary N) is 1. The molecule has 0 aliphatic rings. The summed E-state index contributed by atoms with van der Waals surface area (Å²) in [5, 5.41) is 3.44. The summed E-state index contributed by atoms with van der Waals surface area (Å²) in [5.74, 6) is -0.419. The Morgan fingerprint density at radius 1 is 0.878 bits per heavy atom. The van der Waals surface area contributed by atoms with E-state index in [1.165, 1.54) is 37.3 Å². The lowest BCUT2D eigenvalue weighted by Crippen LogP contribution is -2.52. The average molecular weight is 623 g/mol. The van der Waals surface area contributed by atoms with Gasteiger partial charge >= 0.3 is 0 Å². The fourth-order valence-corrected chi connectivity index (χ4v) is 5.80. The van der Waals surface area contributed by atoms with Gasteiger partial charge in [0, 0.05) is 18.7 Å². The van der Waals surface area contributed by atoms with Crippen LogP contribution in [0, 0.1) is 0 Å². The minimum absolute atomic E-state index is 0.0125. The number of amides is 2. The van der Waals surface area contributed by atoms with Crippen molar-refractivity contribution in [2.75, 3.05) is 25.1 Å². The molecule has 1 unspecified atom stereocenters. The molecule has 220 valence electrons. The Hall–Kier alpha value is -3.47. The maximum atomic E-state index is 14.0. The molecule has 0 saturated carbocycles. The van der Waals surface area contributed by atoms with Crippen LogP contribution in [0.15, 0.2) is 71.6 Å². The molecule has 0 aromatic heterocycles. The van der Waals surface area contributed by atoms with Crippen LogP contribution in [0.4, 0.5) is 5.69 Å². The number of anilines is 1. The second-order valence-electron chi connectivity index (χ2n) is 9.47. The van der Waals surface area contributed by atoms with E-state index in [1.807, 2.05) is 13.8 Å². The predicted octanol–water partition coefficient (Wildman–Crippen LogP) is 5.15. The summed E-state index contributed by atoms with van der Waals surface area (Å²) < 4.78 is 39.5. The third kappa shape index (κ3) is 7.84. The lowest BCUT2D eigenvalue weighted by atomic mass is 10.1. The zero-order valence-electron chi connectivity index (χ0n) is 23.4. The number of sulfonamides is 1. The van der Waals surface area contributed by atoms with Gasteiger partial charge in [-0.2, -0.15) is 0 Å². The van der Waals surface area contributed by atoms with Gasteiger partial charge in [0.1, 0.15) is 12.6 Å². The minimum Gasteiger partial charge on any atom is -0.493 e. The van der Waals surface area contributed by atoms with Gasteiger partial charge < -0.3 is 19.7 Å². The normalized spacial score (nSPS) is 12.0. The monoisotopic (exact) mass is 621 g/mol. The number of ether oxygens (including phenoxy) is 2. The first kappa shape index (κ1) is 32.0. The number of halogens is 2. The summed E-state index contributed by atoms with van der Waals surface area (Å²) in [5.41, 5.74) is 0.885. The van der Waals surface area contributed by atoms with Gasteiger partial charge in [-0.3, -0.25) is 13.9 Å². The fourth-order valence-electron chi connectivity index (χ4n) is 4.05. The van der Waals surface area contributed by atoms with E-state index in [0.717, 1.165) is 4.31 Å². The highest BCUT2D eigenvalue weighted by Crippen LogP contribution is 2.32. The Bertz CT molecular complexity index is 1490. The molecule has 0 saturated heterocycles. The van der Waals surface area contributed by atoms with Crippen molar-refractivity contribution < 1.29 is 27.5 Å². The van der Waals surface area contributed by atoms with Gasteiger partial charge in [0.05, 0.1) is 34.8 Å². The van der Waals surface area contributed by atoms with Gasteiger partial charge in [-0.15, -0.1) is 0 Å². The molecular formula is C29H33Cl2N3O6S. The van der Waals surface area contributed by atoms with Crippen molar-refractivity contribution >= 4 is 50.7 Å². The Labute approximate surface area is 251 Å². The van der Waals surface area contributed by atoms with Crippen molar-refractivity contribution in [2.45, 2.75) is 44.3 Å². The van der Waals surface area contributed by atoms with Gasteiger partial charge in [-0.1, -0.05) is 47.5 Å². The smallest absolute Gasteiger partial charge is 0.264 e. The average Bonchev–Trinajstić information content (AvgIpc) is 2.95. The summed E-state index contributed by atoms with van der Waals surface area (Å²) in [6, 6.07) is 16.2. The molecule has 3 rings (SSSR count). The van der Waals surface area contributed by atoms with E-state index in [1.54, 1.807) is 55.5 Å². The molecule has 0 heterocycles. The van der Waals surface area contributed by atoms with Crippen molar-refractivity contribution in [1.29, 1.82) is 0 Å². The zero-order chi connectivity index (χ0) is 30.3. The third-order valence-corrected chi connectivity index (χ3v) is 8.71. The number of methoxy groups -OCH3 is 2. The van der Waals surface area contributed by atoms with Crippen LogP contribution in [0.2, 0.25) is 10.0 Å². The first-order valence-corrected chi connectivity index (χ1v) is 14.9. The number of nitrogens with zero attached hydrogens (tertiary/aromatic N) is 2. The van der Waals surface area contributed by atoms with Crippen LogP contribution >= 0.6 is 23.2 Å². The van der Waals surface area contributed by atoms with Crippen LogP contribution in [-0.2, 0) is 26.2 Å². The van der Waals surface area contributed by atoms with Gasteiger partial charge in [-0.05, 0) is 62.7 Å². The number of rotatable bonds is 12. The molecule has 0 bridgehead atoms. The highest BCUT2D eigenvalue weighted by Gasteiger charge is 2.33. The zero-order valence-corrected chi connectivity index (χ0v) is 25.8. The number of hydrogen-bond donors (Lipinski definition) is 1. The molecule has 12 heteroatoms. The molecule has 9 nitrogen and oxygen atoms in total. The number of para-hydroxylation sites is 1. The second-order valence-corrected chi connectivity index (χ2v) is 12.2. The fraction of sp³-hybridized carbons (Fsp3) is 0.310. The highest BCUT2D eigenvalue weighted by molar-refractivity contribution is 7.92. The van der Waals surface area contributed by atoms with Crippen LogP contribution in [0.5, 0.6) is 11.5 Å². The summed E-state index contributed by atoms with van der Waals surface area (Å²) in [7, 11) is -1.43. The Kier molecular flexibility index (Phi) is 10.9. The van der Waals surface area contributed by atoms with E-state index in [-0.39, 0.29) is 39.8 Å². The van der Waals surface area contributed by atoms with E-state index in [2.05, 4.69) is 5.32 Å². The van der Waals surface area contributed by atoms with Gasteiger partial charge in [-0.25, -0.2) is 8.42 Å². The van der Waals surface area contributed by atoms with Crippen LogP contribution in [0.25, 0.3) is 0 Å². The van der Waals surface area contributed by atoms with E-state index >= 15 is 0 Å². The lowest BCUT2D eigenvalue weighted by Gasteiger charge is -2.32. The van der Waals surface area contributed by atoms with Crippen molar-refractivity contribution in [2.24, 2.45) is 0 Å². The molecule has 0 aliphatic heterocycles. The maximum Gasteiger partial charge on any atom is 0.264 e. The maximum absolute atomic E-state index is 14.0.